The lowest BCUT2D eigenvalue weighted by atomic mass is 9.96. The van der Waals surface area contributed by atoms with Crippen LogP contribution < -0.4 is 4.74 Å². The number of carbonyl (C=O) groups excluding carboxylic acids is 2. The molecule has 0 bridgehead atoms. The zero-order chi connectivity index (χ0) is 28.2. The van der Waals surface area contributed by atoms with Gasteiger partial charge >= 0.3 is 0 Å². The minimum atomic E-state index is -0.744. The molecule has 3 aromatic rings. The summed E-state index contributed by atoms with van der Waals surface area (Å²) in [4.78, 5) is 35.5. The number of carbonyl (C=O) groups is 2. The summed E-state index contributed by atoms with van der Waals surface area (Å²) in [5, 5.41) is 11.7. The summed E-state index contributed by atoms with van der Waals surface area (Å²) in [6, 6.07) is 12.3. The number of Topliss-reactive ketones (excluding diaryl/α,β-unsaturated/α-hetero) is 1. The highest BCUT2D eigenvalue weighted by Gasteiger charge is 2.46. The number of hydrogen-bond donors (Lipinski definition) is 1. The Kier molecular flexibility index (Phi) is 8.52. The lowest BCUT2D eigenvalue weighted by molar-refractivity contribution is -0.140. The molecule has 212 valence electrons. The Morgan fingerprint density at radius 3 is 2.70 bits per heavy atom. The summed E-state index contributed by atoms with van der Waals surface area (Å²) in [5.41, 5.74) is 2.44. The van der Waals surface area contributed by atoms with Gasteiger partial charge in [0.2, 0.25) is 0 Å². The first-order valence-electron chi connectivity index (χ1n) is 14.1. The maximum Gasteiger partial charge on any atom is 0.295 e. The van der Waals surface area contributed by atoms with E-state index in [1.165, 1.54) is 0 Å². The largest absolute Gasteiger partial charge is 0.505 e. The molecule has 2 aliphatic rings. The van der Waals surface area contributed by atoms with E-state index >= 15 is 0 Å². The Labute approximate surface area is 235 Å². The third-order valence-corrected chi connectivity index (χ3v) is 7.58. The maximum atomic E-state index is 13.6. The van der Waals surface area contributed by atoms with Crippen LogP contribution in [-0.2, 0) is 14.3 Å². The second-order valence-corrected chi connectivity index (χ2v) is 10.9. The number of amides is 1. The molecule has 9 nitrogen and oxygen atoms in total. The minimum absolute atomic E-state index is 0.0736. The van der Waals surface area contributed by atoms with Crippen LogP contribution in [0.25, 0.3) is 11.4 Å². The SMILES string of the molecule is Cc1nc2ccccn2c1/C(O)=C1\C(=O)C(=O)N(CCCN2CCOCC2)C1c1cccc(OCCC(C)C)c1. The summed E-state index contributed by atoms with van der Waals surface area (Å²) in [6.45, 7) is 10.9. The van der Waals surface area contributed by atoms with Gasteiger partial charge in [-0.05, 0) is 55.5 Å². The summed E-state index contributed by atoms with van der Waals surface area (Å²) >= 11 is 0. The number of pyridine rings is 1. The summed E-state index contributed by atoms with van der Waals surface area (Å²) in [5.74, 6) is -0.337. The number of aliphatic hydroxyl groups is 1. The van der Waals surface area contributed by atoms with E-state index in [9.17, 15) is 14.7 Å². The van der Waals surface area contributed by atoms with Crippen LogP contribution in [-0.4, -0.2) is 82.0 Å². The molecule has 2 aromatic heterocycles. The van der Waals surface area contributed by atoms with E-state index in [-0.39, 0.29) is 11.3 Å². The van der Waals surface area contributed by atoms with Gasteiger partial charge in [-0.2, -0.15) is 0 Å². The quantitative estimate of drug-likeness (QED) is 0.231. The Hall–Kier alpha value is -3.69. The number of fused-ring (bicyclic) bond motifs is 1. The van der Waals surface area contributed by atoms with Crippen molar-refractivity contribution in [3.05, 3.63) is 71.2 Å². The fourth-order valence-corrected chi connectivity index (χ4v) is 5.46. The first kappa shape index (κ1) is 27.9. The number of morpholine rings is 1. The van der Waals surface area contributed by atoms with E-state index in [2.05, 4.69) is 23.7 Å². The Balaban J connectivity index is 1.52. The van der Waals surface area contributed by atoms with Crippen molar-refractivity contribution >= 4 is 23.1 Å². The van der Waals surface area contributed by atoms with Gasteiger partial charge in [0.25, 0.3) is 11.7 Å². The highest BCUT2D eigenvalue weighted by atomic mass is 16.5. The van der Waals surface area contributed by atoms with Gasteiger partial charge in [0.15, 0.2) is 5.76 Å². The fourth-order valence-electron chi connectivity index (χ4n) is 5.46. The number of rotatable bonds is 10. The number of benzene rings is 1. The van der Waals surface area contributed by atoms with Gasteiger partial charge in [0.05, 0.1) is 37.1 Å². The van der Waals surface area contributed by atoms with E-state index in [0.29, 0.717) is 61.5 Å². The molecule has 5 rings (SSSR count). The molecule has 9 heteroatoms. The molecule has 0 radical (unpaired) electrons. The van der Waals surface area contributed by atoms with Crippen LogP contribution in [0.1, 0.15) is 49.7 Å². The minimum Gasteiger partial charge on any atom is -0.505 e. The lowest BCUT2D eigenvalue weighted by Gasteiger charge is -2.29. The Bertz CT molecular complexity index is 1410. The van der Waals surface area contributed by atoms with Crippen LogP contribution in [0.2, 0.25) is 0 Å². The van der Waals surface area contributed by atoms with E-state index in [0.717, 1.165) is 31.6 Å². The predicted molar refractivity (Wildman–Crippen MR) is 152 cm³/mol. The van der Waals surface area contributed by atoms with Gasteiger partial charge in [-0.1, -0.05) is 32.0 Å². The zero-order valence-electron chi connectivity index (χ0n) is 23.5. The fraction of sp³-hybridized carbons (Fsp3) is 0.452. The monoisotopic (exact) mass is 546 g/mol. The Morgan fingerprint density at radius 1 is 1.12 bits per heavy atom. The molecule has 0 saturated carbocycles. The molecule has 0 aliphatic carbocycles. The number of imidazole rings is 1. The third-order valence-electron chi connectivity index (χ3n) is 7.58. The topological polar surface area (TPSA) is 96.6 Å². The van der Waals surface area contributed by atoms with Gasteiger partial charge in [0, 0.05) is 32.4 Å². The van der Waals surface area contributed by atoms with Crippen molar-refractivity contribution in [1.29, 1.82) is 0 Å². The molecule has 4 heterocycles. The first-order chi connectivity index (χ1) is 19.3. The molecular weight excluding hydrogens is 508 g/mol. The van der Waals surface area contributed by atoms with Crippen molar-refractivity contribution < 1.29 is 24.2 Å². The lowest BCUT2D eigenvalue weighted by Crippen LogP contribution is -2.38. The van der Waals surface area contributed by atoms with Crippen LogP contribution >= 0.6 is 0 Å². The number of likely N-dealkylation sites (tertiary alicyclic amines) is 1. The van der Waals surface area contributed by atoms with Crippen molar-refractivity contribution in [2.24, 2.45) is 5.92 Å². The molecule has 1 amide bonds. The van der Waals surface area contributed by atoms with E-state index in [1.807, 2.05) is 42.5 Å². The average Bonchev–Trinajstić information content (AvgIpc) is 3.41. The number of aromatic nitrogens is 2. The molecule has 2 aliphatic heterocycles. The maximum absolute atomic E-state index is 13.6. The summed E-state index contributed by atoms with van der Waals surface area (Å²) in [6.07, 6.45) is 3.40. The van der Waals surface area contributed by atoms with Crippen molar-refractivity contribution in [3.8, 4) is 5.75 Å². The normalized spacial score (nSPS) is 19.7. The van der Waals surface area contributed by atoms with Crippen molar-refractivity contribution in [2.75, 3.05) is 46.0 Å². The van der Waals surface area contributed by atoms with Gasteiger partial charge in [-0.15, -0.1) is 0 Å². The van der Waals surface area contributed by atoms with E-state index in [4.69, 9.17) is 9.47 Å². The van der Waals surface area contributed by atoms with Crippen molar-refractivity contribution in [3.63, 3.8) is 0 Å². The number of ether oxygens (including phenoxy) is 2. The highest BCUT2D eigenvalue weighted by Crippen LogP contribution is 2.41. The molecule has 1 unspecified atom stereocenters. The molecule has 2 fully saturated rings. The van der Waals surface area contributed by atoms with E-state index < -0.39 is 17.7 Å². The Morgan fingerprint density at radius 2 is 1.93 bits per heavy atom. The van der Waals surface area contributed by atoms with Crippen LogP contribution in [0.4, 0.5) is 0 Å². The van der Waals surface area contributed by atoms with Gasteiger partial charge in [0.1, 0.15) is 17.1 Å². The zero-order valence-corrected chi connectivity index (χ0v) is 23.5. The predicted octanol–water partition coefficient (Wildman–Crippen LogP) is 4.21. The van der Waals surface area contributed by atoms with Crippen LogP contribution in [0.5, 0.6) is 5.75 Å². The summed E-state index contributed by atoms with van der Waals surface area (Å²) in [7, 11) is 0. The number of hydrogen-bond acceptors (Lipinski definition) is 7. The van der Waals surface area contributed by atoms with Gasteiger partial charge < -0.3 is 19.5 Å². The standard InChI is InChI=1S/C31H38N4O5/c1-21(2)11-17-40-24-9-6-8-23(20-24)28-26(29(36)27-22(3)32-25-10-4-5-13-34(25)27)30(37)31(38)35(28)14-7-12-33-15-18-39-19-16-33/h4-6,8-10,13,20-21,28,36H,7,11-12,14-19H2,1-3H3/b29-26+. The molecule has 1 aromatic carbocycles. The molecule has 40 heavy (non-hydrogen) atoms. The smallest absolute Gasteiger partial charge is 0.295 e. The number of aryl methyl sites for hydroxylation is 1. The second kappa shape index (κ2) is 12.2. The van der Waals surface area contributed by atoms with Crippen LogP contribution in [0.3, 0.4) is 0 Å². The van der Waals surface area contributed by atoms with Gasteiger partial charge in [-0.3, -0.25) is 18.9 Å². The average molecular weight is 547 g/mol. The number of ketones is 1. The first-order valence-corrected chi connectivity index (χ1v) is 14.1. The van der Waals surface area contributed by atoms with E-state index in [1.54, 1.807) is 22.4 Å². The second-order valence-electron chi connectivity index (χ2n) is 10.9. The number of nitrogens with zero attached hydrogens (tertiary/aromatic N) is 4. The molecule has 1 atom stereocenters. The third kappa shape index (κ3) is 5.76. The van der Waals surface area contributed by atoms with Gasteiger partial charge in [-0.25, -0.2) is 4.98 Å². The molecule has 2 saturated heterocycles. The van der Waals surface area contributed by atoms with Crippen molar-refractivity contribution in [1.82, 2.24) is 19.2 Å². The molecule has 0 spiro atoms. The van der Waals surface area contributed by atoms with Crippen LogP contribution in [0, 0.1) is 12.8 Å². The number of aliphatic hydroxyl groups excluding tert-OH is 1. The molecule has 1 N–H and O–H groups in total. The summed E-state index contributed by atoms with van der Waals surface area (Å²) < 4.78 is 13.2. The molecular formula is C31H38N4O5. The highest BCUT2D eigenvalue weighted by molar-refractivity contribution is 6.46. The van der Waals surface area contributed by atoms with Crippen LogP contribution in [0.15, 0.2) is 54.2 Å². The van der Waals surface area contributed by atoms with Crippen molar-refractivity contribution in [2.45, 2.75) is 39.7 Å².